The van der Waals surface area contributed by atoms with Crippen molar-refractivity contribution in [3.63, 3.8) is 0 Å². The average molecular weight is 515 g/mol. The van der Waals surface area contributed by atoms with Gasteiger partial charge in [-0.1, -0.05) is 30.3 Å². The van der Waals surface area contributed by atoms with Crippen molar-refractivity contribution in [2.45, 2.75) is 25.8 Å². The number of nitrogens with zero attached hydrogens (tertiary/aromatic N) is 3. The highest BCUT2D eigenvalue weighted by Gasteiger charge is 2.34. The molecule has 0 bridgehead atoms. The Kier molecular flexibility index (Phi) is 6.14. The van der Waals surface area contributed by atoms with Crippen molar-refractivity contribution in [1.82, 2.24) is 14.8 Å². The van der Waals surface area contributed by atoms with Crippen LogP contribution in [0.25, 0.3) is 0 Å². The molecule has 2 heterocycles. The van der Waals surface area contributed by atoms with Gasteiger partial charge in [0.15, 0.2) is 5.82 Å². The number of hydrogen-bond donors (Lipinski definition) is 3. The first-order chi connectivity index (χ1) is 14.6. The number of aryl methyl sites for hydroxylation is 1. The van der Waals surface area contributed by atoms with E-state index >= 15 is 0 Å². The van der Waals surface area contributed by atoms with E-state index in [1.165, 1.54) is 0 Å². The number of allylic oxidation sites excluding steroid dienone is 1. The van der Waals surface area contributed by atoms with Crippen LogP contribution in [0.15, 0.2) is 65.9 Å². The molecule has 0 fully saturated rings. The average Bonchev–Trinajstić information content (AvgIpc) is 3.15. The number of carbonyl (C=O) groups excluding carboxylic acids is 1. The van der Waals surface area contributed by atoms with Crippen LogP contribution in [0.3, 0.4) is 0 Å². The largest absolute Gasteiger partial charge is 0.396 e. The summed E-state index contributed by atoms with van der Waals surface area (Å²) >= 11 is 2.23. The fourth-order valence-electron chi connectivity index (χ4n) is 3.51. The van der Waals surface area contributed by atoms with E-state index in [1.54, 1.807) is 4.68 Å². The molecule has 7 nitrogen and oxygen atoms in total. The van der Waals surface area contributed by atoms with Crippen LogP contribution < -0.4 is 10.6 Å². The molecular weight excluding hydrogens is 493 g/mol. The molecule has 0 aliphatic carbocycles. The fourth-order valence-corrected chi connectivity index (χ4v) is 3.87. The molecule has 1 aliphatic rings. The van der Waals surface area contributed by atoms with Crippen LogP contribution in [-0.4, -0.2) is 32.4 Å². The Morgan fingerprint density at radius 1 is 1.20 bits per heavy atom. The van der Waals surface area contributed by atoms with Crippen molar-refractivity contribution in [3.05, 3.63) is 80.8 Å². The van der Waals surface area contributed by atoms with Gasteiger partial charge in [-0.05, 0) is 65.8 Å². The minimum atomic E-state index is -0.401. The number of benzene rings is 2. The van der Waals surface area contributed by atoms with Gasteiger partial charge in [-0.25, -0.2) is 4.68 Å². The lowest BCUT2D eigenvalue weighted by atomic mass is 9.95. The van der Waals surface area contributed by atoms with E-state index in [9.17, 15) is 4.79 Å². The van der Waals surface area contributed by atoms with Crippen LogP contribution in [-0.2, 0) is 11.2 Å². The highest BCUT2D eigenvalue weighted by Crippen LogP contribution is 2.35. The summed E-state index contributed by atoms with van der Waals surface area (Å²) in [7, 11) is 0. The number of nitrogens with one attached hydrogen (secondary N) is 2. The summed E-state index contributed by atoms with van der Waals surface area (Å²) in [6.45, 7) is 1.96. The second-order valence-corrected chi connectivity index (χ2v) is 8.31. The summed E-state index contributed by atoms with van der Waals surface area (Å²) in [6, 6.07) is 17.1. The van der Waals surface area contributed by atoms with Crippen LogP contribution in [0.4, 0.5) is 11.6 Å². The van der Waals surface area contributed by atoms with Crippen molar-refractivity contribution in [2.75, 3.05) is 17.2 Å². The first-order valence-electron chi connectivity index (χ1n) is 9.72. The van der Waals surface area contributed by atoms with Gasteiger partial charge in [0.2, 0.25) is 5.95 Å². The maximum atomic E-state index is 13.3. The second-order valence-electron chi connectivity index (χ2n) is 7.06. The van der Waals surface area contributed by atoms with Crippen molar-refractivity contribution >= 4 is 40.1 Å². The van der Waals surface area contributed by atoms with Crippen LogP contribution in [0.5, 0.6) is 0 Å². The predicted molar refractivity (Wildman–Crippen MR) is 124 cm³/mol. The number of anilines is 2. The Morgan fingerprint density at radius 2 is 1.93 bits per heavy atom. The van der Waals surface area contributed by atoms with E-state index in [0.29, 0.717) is 30.2 Å². The zero-order valence-electron chi connectivity index (χ0n) is 16.5. The maximum Gasteiger partial charge on any atom is 0.255 e. The molecule has 154 valence electrons. The number of aliphatic hydroxyl groups is 1. The molecule has 0 saturated heterocycles. The third-order valence-corrected chi connectivity index (χ3v) is 5.64. The lowest BCUT2D eigenvalue weighted by Crippen LogP contribution is -2.31. The highest BCUT2D eigenvalue weighted by atomic mass is 127. The van der Waals surface area contributed by atoms with Gasteiger partial charge in [-0.15, -0.1) is 0 Å². The van der Waals surface area contributed by atoms with E-state index in [0.717, 1.165) is 20.5 Å². The summed E-state index contributed by atoms with van der Waals surface area (Å²) in [5.74, 6) is 1.05. The third kappa shape index (κ3) is 4.24. The van der Waals surface area contributed by atoms with Gasteiger partial charge in [-0.2, -0.15) is 10.1 Å². The standard InChI is InChI=1S/C22H22IN5O2/c1-14-19(21(30)25-17-11-9-16(23)10-12-17)20(15-6-3-2-4-7-15)28-22(24-14)26-18(27-28)8-5-13-29/h2-4,6-7,9-12,20,29H,5,8,13H2,1H3,(H,25,30)(H,24,26,27). The Morgan fingerprint density at radius 3 is 2.63 bits per heavy atom. The summed E-state index contributed by atoms with van der Waals surface area (Å²) in [5.41, 5.74) is 3.01. The Labute approximate surface area is 188 Å². The van der Waals surface area contributed by atoms with Crippen molar-refractivity contribution in [1.29, 1.82) is 0 Å². The molecule has 2 aromatic carbocycles. The van der Waals surface area contributed by atoms with Gasteiger partial charge in [-0.3, -0.25) is 4.79 Å². The van der Waals surface area contributed by atoms with E-state index in [-0.39, 0.29) is 12.5 Å². The van der Waals surface area contributed by atoms with E-state index in [2.05, 4.69) is 43.3 Å². The lowest BCUT2D eigenvalue weighted by molar-refractivity contribution is -0.113. The first kappa shape index (κ1) is 20.5. The topological polar surface area (TPSA) is 92.1 Å². The number of rotatable bonds is 6. The zero-order valence-corrected chi connectivity index (χ0v) is 18.6. The molecule has 3 N–H and O–H groups in total. The van der Waals surface area contributed by atoms with Gasteiger partial charge in [0.1, 0.15) is 6.04 Å². The molecule has 0 spiro atoms. The smallest absolute Gasteiger partial charge is 0.255 e. The van der Waals surface area contributed by atoms with Crippen molar-refractivity contribution in [3.8, 4) is 0 Å². The van der Waals surface area contributed by atoms with Crippen molar-refractivity contribution < 1.29 is 9.90 Å². The van der Waals surface area contributed by atoms with Gasteiger partial charge in [0, 0.05) is 28.0 Å². The molecular formula is C22H22IN5O2. The Balaban J connectivity index is 1.73. The van der Waals surface area contributed by atoms with E-state index < -0.39 is 6.04 Å². The zero-order chi connectivity index (χ0) is 21.1. The number of fused-ring (bicyclic) bond motifs is 1. The SMILES string of the molecule is CC1=C(C(=O)Nc2ccc(I)cc2)C(c2ccccc2)n2nc(CCCO)nc2N1. The molecule has 0 radical (unpaired) electrons. The van der Waals surface area contributed by atoms with Gasteiger partial charge in [0.25, 0.3) is 5.91 Å². The Hall–Kier alpha value is -2.72. The molecule has 1 atom stereocenters. The first-order valence-corrected chi connectivity index (χ1v) is 10.8. The molecule has 8 heteroatoms. The number of amides is 1. The van der Waals surface area contributed by atoms with Crippen molar-refractivity contribution in [2.24, 2.45) is 0 Å². The number of hydrogen-bond acceptors (Lipinski definition) is 5. The molecule has 1 aromatic heterocycles. The lowest BCUT2D eigenvalue weighted by Gasteiger charge is -2.28. The predicted octanol–water partition coefficient (Wildman–Crippen LogP) is 3.74. The normalized spacial score (nSPS) is 15.5. The van der Waals surface area contributed by atoms with Gasteiger partial charge in [0.05, 0.1) is 5.57 Å². The van der Waals surface area contributed by atoms with Crippen LogP contribution in [0.2, 0.25) is 0 Å². The molecule has 1 unspecified atom stereocenters. The molecule has 30 heavy (non-hydrogen) atoms. The monoisotopic (exact) mass is 515 g/mol. The van der Waals surface area contributed by atoms with Gasteiger partial charge < -0.3 is 15.7 Å². The second kappa shape index (κ2) is 8.97. The van der Waals surface area contributed by atoms with E-state index in [4.69, 9.17) is 5.11 Å². The number of aromatic nitrogens is 3. The number of aliphatic hydroxyl groups excluding tert-OH is 1. The molecule has 3 aromatic rings. The van der Waals surface area contributed by atoms with Crippen LogP contribution >= 0.6 is 22.6 Å². The molecule has 4 rings (SSSR count). The summed E-state index contributed by atoms with van der Waals surface area (Å²) in [4.78, 5) is 17.9. The molecule has 0 saturated carbocycles. The maximum absolute atomic E-state index is 13.3. The third-order valence-electron chi connectivity index (χ3n) is 4.92. The highest BCUT2D eigenvalue weighted by molar-refractivity contribution is 14.1. The minimum Gasteiger partial charge on any atom is -0.396 e. The van der Waals surface area contributed by atoms with E-state index in [1.807, 2.05) is 61.5 Å². The summed E-state index contributed by atoms with van der Waals surface area (Å²) in [5, 5.41) is 20.0. The Bertz CT molecular complexity index is 1080. The quantitative estimate of drug-likeness (QED) is 0.436. The van der Waals surface area contributed by atoms with Gasteiger partial charge >= 0.3 is 0 Å². The molecule has 1 aliphatic heterocycles. The van der Waals surface area contributed by atoms with Crippen LogP contribution in [0.1, 0.15) is 30.8 Å². The number of carbonyl (C=O) groups is 1. The minimum absolute atomic E-state index is 0.0837. The number of halogens is 1. The van der Waals surface area contributed by atoms with Crippen LogP contribution in [0, 0.1) is 3.57 Å². The summed E-state index contributed by atoms with van der Waals surface area (Å²) < 4.78 is 2.86. The fraction of sp³-hybridized carbons (Fsp3) is 0.227. The summed E-state index contributed by atoms with van der Waals surface area (Å²) in [6.07, 6.45) is 1.16. The molecule has 1 amide bonds.